The number of aliphatic hydroxyl groups excluding tert-OH is 1. The first kappa shape index (κ1) is 31.0. The Balaban J connectivity index is 2.94. The number of nitrogens with two attached hydrogens (primary N) is 2. The second kappa shape index (κ2) is 15.9. The van der Waals surface area contributed by atoms with E-state index in [1.807, 2.05) is 6.92 Å². The van der Waals surface area contributed by atoms with Crippen molar-refractivity contribution in [1.82, 2.24) is 16.0 Å². The molecule has 3 amide bonds. The minimum absolute atomic E-state index is 0.0670. The normalized spacial score (nSPS) is 16.1. The van der Waals surface area contributed by atoms with Crippen molar-refractivity contribution in [3.05, 3.63) is 35.9 Å². The van der Waals surface area contributed by atoms with Crippen LogP contribution in [0, 0.1) is 5.92 Å². The van der Waals surface area contributed by atoms with E-state index in [-0.39, 0.29) is 12.3 Å². The van der Waals surface area contributed by atoms with Gasteiger partial charge in [-0.15, -0.1) is 0 Å². The zero-order chi connectivity index (χ0) is 27.3. The molecular formula is C25H41N5O6. The van der Waals surface area contributed by atoms with Crippen molar-refractivity contribution < 1.29 is 29.4 Å². The third-order valence-electron chi connectivity index (χ3n) is 6.06. The maximum Gasteiger partial charge on any atom is 0.326 e. The van der Waals surface area contributed by atoms with E-state index in [1.54, 1.807) is 37.3 Å². The Bertz CT molecular complexity index is 851. The minimum atomic E-state index is -1.35. The molecule has 0 saturated heterocycles. The van der Waals surface area contributed by atoms with Crippen LogP contribution in [0.1, 0.15) is 52.0 Å². The molecule has 6 unspecified atom stereocenters. The van der Waals surface area contributed by atoms with Crippen LogP contribution in [0.15, 0.2) is 30.3 Å². The van der Waals surface area contributed by atoms with Gasteiger partial charge in [-0.3, -0.25) is 14.4 Å². The van der Waals surface area contributed by atoms with E-state index < -0.39 is 54.0 Å². The van der Waals surface area contributed by atoms with Gasteiger partial charge in [-0.25, -0.2) is 4.79 Å². The lowest BCUT2D eigenvalue weighted by Gasteiger charge is -2.29. The number of carboxylic acid groups (broad SMARTS) is 1. The quantitative estimate of drug-likeness (QED) is 0.147. The highest BCUT2D eigenvalue weighted by Crippen LogP contribution is 2.11. The number of aliphatic carboxylic acids is 1. The van der Waals surface area contributed by atoms with E-state index in [9.17, 15) is 29.4 Å². The highest BCUT2D eigenvalue weighted by atomic mass is 16.4. The number of nitrogens with one attached hydrogen (secondary N) is 3. The molecule has 0 aliphatic heterocycles. The van der Waals surface area contributed by atoms with Gasteiger partial charge in [0.2, 0.25) is 17.7 Å². The number of unbranched alkanes of at least 4 members (excludes halogenated alkanes) is 1. The van der Waals surface area contributed by atoms with E-state index in [0.29, 0.717) is 32.2 Å². The van der Waals surface area contributed by atoms with Crippen molar-refractivity contribution in [1.29, 1.82) is 0 Å². The predicted molar refractivity (Wildman–Crippen MR) is 136 cm³/mol. The van der Waals surface area contributed by atoms with Crippen LogP contribution in [0.5, 0.6) is 0 Å². The molecule has 0 spiro atoms. The Morgan fingerprint density at radius 3 is 2.03 bits per heavy atom. The molecule has 1 aromatic rings. The fourth-order valence-corrected chi connectivity index (χ4v) is 3.56. The van der Waals surface area contributed by atoms with E-state index in [1.165, 1.54) is 6.92 Å². The first-order chi connectivity index (χ1) is 17.0. The Labute approximate surface area is 212 Å². The van der Waals surface area contributed by atoms with Crippen molar-refractivity contribution in [2.45, 2.75) is 83.1 Å². The summed E-state index contributed by atoms with van der Waals surface area (Å²) in [5, 5.41) is 27.3. The zero-order valence-corrected chi connectivity index (χ0v) is 21.3. The van der Waals surface area contributed by atoms with E-state index >= 15 is 0 Å². The van der Waals surface area contributed by atoms with Gasteiger partial charge < -0.3 is 37.6 Å². The van der Waals surface area contributed by atoms with Crippen molar-refractivity contribution in [3.63, 3.8) is 0 Å². The Hall–Kier alpha value is -3.02. The number of aliphatic hydroxyl groups is 1. The topological polar surface area (TPSA) is 197 Å². The van der Waals surface area contributed by atoms with Gasteiger partial charge in [-0.05, 0) is 37.8 Å². The summed E-state index contributed by atoms with van der Waals surface area (Å²) in [4.78, 5) is 50.4. The summed E-state index contributed by atoms with van der Waals surface area (Å²) in [6.45, 7) is 5.37. The molecule has 202 valence electrons. The van der Waals surface area contributed by atoms with E-state index in [4.69, 9.17) is 11.5 Å². The standard InChI is InChI=1S/C25H41N5O6/c1-4-15(2)20(23(33)28-19(25(35)36)14-17-10-6-5-7-11-17)29-24(34)21(16(3)31)30-22(32)18(27)12-8-9-13-26/h5-7,10-11,15-16,18-21,31H,4,8-9,12-14,26-27H2,1-3H3,(H,28,33)(H,29,34)(H,30,32)(H,35,36). The summed E-state index contributed by atoms with van der Waals surface area (Å²) in [7, 11) is 0. The molecule has 1 rings (SSSR count). The van der Waals surface area contributed by atoms with Gasteiger partial charge in [0.1, 0.15) is 18.1 Å². The summed E-state index contributed by atoms with van der Waals surface area (Å²) in [5.41, 5.74) is 12.1. The average Bonchev–Trinajstić information content (AvgIpc) is 2.84. The highest BCUT2D eigenvalue weighted by Gasteiger charge is 2.34. The minimum Gasteiger partial charge on any atom is -0.480 e. The molecule has 0 fully saturated rings. The van der Waals surface area contributed by atoms with Crippen molar-refractivity contribution in [3.8, 4) is 0 Å². The first-order valence-corrected chi connectivity index (χ1v) is 12.3. The third-order valence-corrected chi connectivity index (χ3v) is 6.06. The van der Waals surface area contributed by atoms with Gasteiger partial charge in [-0.2, -0.15) is 0 Å². The molecule has 11 nitrogen and oxygen atoms in total. The number of carbonyl (C=O) groups is 4. The van der Waals surface area contributed by atoms with Crippen molar-refractivity contribution >= 4 is 23.7 Å². The number of benzene rings is 1. The first-order valence-electron chi connectivity index (χ1n) is 12.3. The lowest BCUT2D eigenvalue weighted by atomic mass is 9.96. The fraction of sp³-hybridized carbons (Fsp3) is 0.600. The van der Waals surface area contributed by atoms with Crippen LogP contribution in [0.25, 0.3) is 0 Å². The van der Waals surface area contributed by atoms with Crippen LogP contribution in [0.3, 0.4) is 0 Å². The molecule has 0 radical (unpaired) electrons. The maximum absolute atomic E-state index is 13.1. The molecule has 1 aromatic carbocycles. The summed E-state index contributed by atoms with van der Waals surface area (Å²) in [5.74, 6) is -3.62. The molecule has 11 heteroatoms. The third kappa shape index (κ3) is 10.3. The smallest absolute Gasteiger partial charge is 0.326 e. The fourth-order valence-electron chi connectivity index (χ4n) is 3.56. The number of amides is 3. The molecule has 0 heterocycles. The number of hydrogen-bond acceptors (Lipinski definition) is 7. The Kier molecular flexibility index (Phi) is 13.7. The van der Waals surface area contributed by atoms with Crippen molar-refractivity contribution in [2.75, 3.05) is 6.54 Å². The summed E-state index contributed by atoms with van der Waals surface area (Å²) in [6.07, 6.45) is 1.02. The molecule has 0 saturated carbocycles. The molecular weight excluding hydrogens is 466 g/mol. The van der Waals surface area contributed by atoms with Crippen LogP contribution in [0.2, 0.25) is 0 Å². The van der Waals surface area contributed by atoms with Crippen LogP contribution in [0.4, 0.5) is 0 Å². The van der Waals surface area contributed by atoms with Gasteiger partial charge in [0.25, 0.3) is 0 Å². The van der Waals surface area contributed by atoms with Crippen LogP contribution in [-0.4, -0.2) is 70.7 Å². The molecule has 0 bridgehead atoms. The molecule has 0 aromatic heterocycles. The molecule has 36 heavy (non-hydrogen) atoms. The Morgan fingerprint density at radius 1 is 0.917 bits per heavy atom. The molecule has 0 aliphatic carbocycles. The summed E-state index contributed by atoms with van der Waals surface area (Å²) in [6, 6.07) is 4.33. The zero-order valence-electron chi connectivity index (χ0n) is 21.3. The summed E-state index contributed by atoms with van der Waals surface area (Å²) >= 11 is 0. The number of hydrogen-bond donors (Lipinski definition) is 7. The van der Waals surface area contributed by atoms with Crippen LogP contribution < -0.4 is 27.4 Å². The van der Waals surface area contributed by atoms with Gasteiger partial charge in [0.05, 0.1) is 12.1 Å². The average molecular weight is 508 g/mol. The second-order valence-electron chi connectivity index (χ2n) is 9.08. The maximum atomic E-state index is 13.1. The molecule has 0 aliphatic rings. The lowest BCUT2D eigenvalue weighted by Crippen LogP contribution is -2.61. The van der Waals surface area contributed by atoms with E-state index in [2.05, 4.69) is 16.0 Å². The van der Waals surface area contributed by atoms with Gasteiger partial charge in [0.15, 0.2) is 0 Å². The second-order valence-corrected chi connectivity index (χ2v) is 9.08. The SMILES string of the molecule is CCC(C)C(NC(=O)C(NC(=O)C(N)CCCCN)C(C)O)C(=O)NC(Cc1ccccc1)C(=O)O. The van der Waals surface area contributed by atoms with Gasteiger partial charge in [0, 0.05) is 6.42 Å². The molecule has 9 N–H and O–H groups in total. The van der Waals surface area contributed by atoms with Crippen molar-refractivity contribution in [2.24, 2.45) is 17.4 Å². The van der Waals surface area contributed by atoms with Crippen LogP contribution in [-0.2, 0) is 25.6 Å². The lowest BCUT2D eigenvalue weighted by molar-refractivity contribution is -0.142. The Morgan fingerprint density at radius 2 is 1.50 bits per heavy atom. The molecule has 6 atom stereocenters. The van der Waals surface area contributed by atoms with Gasteiger partial charge in [-0.1, -0.05) is 57.0 Å². The number of carboxylic acids is 1. The van der Waals surface area contributed by atoms with Gasteiger partial charge >= 0.3 is 5.97 Å². The van der Waals surface area contributed by atoms with E-state index in [0.717, 1.165) is 5.56 Å². The predicted octanol–water partition coefficient (Wildman–Crippen LogP) is -0.349. The number of rotatable bonds is 16. The van der Waals surface area contributed by atoms with Crippen LogP contribution >= 0.6 is 0 Å². The monoisotopic (exact) mass is 507 g/mol. The number of carbonyl (C=O) groups excluding carboxylic acids is 3. The largest absolute Gasteiger partial charge is 0.480 e. The highest BCUT2D eigenvalue weighted by molar-refractivity contribution is 5.94. The summed E-state index contributed by atoms with van der Waals surface area (Å²) < 4.78 is 0.